The van der Waals surface area contributed by atoms with Gasteiger partial charge in [0.2, 0.25) is 0 Å². The smallest absolute Gasteiger partial charge is 0.744 e. The summed E-state index contributed by atoms with van der Waals surface area (Å²) in [6.45, 7) is 4.00. The van der Waals surface area contributed by atoms with Crippen molar-refractivity contribution in [3.05, 3.63) is 29.8 Å². The molecule has 0 saturated heterocycles. The van der Waals surface area contributed by atoms with Crippen molar-refractivity contribution < 1.29 is 82.6 Å². The Labute approximate surface area is 146 Å². The van der Waals surface area contributed by atoms with Gasteiger partial charge in [0.25, 0.3) is 0 Å². The molecule has 17 heavy (non-hydrogen) atoms. The first kappa shape index (κ1) is 23.2. The fourth-order valence-electron chi connectivity index (χ4n) is 1.02. The van der Waals surface area contributed by atoms with Gasteiger partial charge >= 0.3 is 59.1 Å². The Balaban J connectivity index is -0.000000464. The van der Waals surface area contributed by atoms with Crippen molar-refractivity contribution in [1.82, 2.24) is 0 Å². The zero-order chi connectivity index (χ0) is 12.1. The van der Waals surface area contributed by atoms with E-state index in [9.17, 15) is 13.0 Å². The van der Waals surface area contributed by atoms with E-state index in [0.717, 1.165) is 5.56 Å². The number of rotatable bonds is 2. The fourth-order valence-corrected chi connectivity index (χ4v) is 1.49. The Bertz CT molecular complexity index is 388. The van der Waals surface area contributed by atoms with E-state index >= 15 is 0 Å². The Kier molecular flexibility index (Phi) is 14.9. The minimum atomic E-state index is -4.30. The van der Waals surface area contributed by atoms with Crippen LogP contribution in [0.4, 0.5) is 0 Å². The minimum absolute atomic E-state index is 0. The summed E-state index contributed by atoms with van der Waals surface area (Å²) in [6, 6.07) is 6.01. The molecule has 0 unspecified atom stereocenters. The summed E-state index contributed by atoms with van der Waals surface area (Å²) in [5.41, 5.74) is 1.02. The number of hydrogen-bond acceptors (Lipinski definition) is 5. The van der Waals surface area contributed by atoms with Crippen molar-refractivity contribution in [3.63, 3.8) is 0 Å². The minimum Gasteiger partial charge on any atom is -0.744 e. The van der Waals surface area contributed by atoms with E-state index in [1.807, 2.05) is 13.8 Å². The van der Waals surface area contributed by atoms with Crippen molar-refractivity contribution in [2.24, 2.45) is 0 Å². The summed E-state index contributed by atoms with van der Waals surface area (Å²) in [5.74, 6) is 0.336. The molecule has 0 spiro atoms. The van der Waals surface area contributed by atoms with Gasteiger partial charge in [0, 0.05) is 0 Å². The first-order chi connectivity index (χ1) is 6.91. The van der Waals surface area contributed by atoms with E-state index in [2.05, 4.69) is 0 Å². The van der Waals surface area contributed by atoms with E-state index in [4.69, 9.17) is 10.5 Å². The SMILES string of the molecule is CC(C)c1ccc(S(=O)(=O)[O-])cc1.[Na+].[Na+].[O-]O. The normalized spacial score (nSPS) is 9.53. The van der Waals surface area contributed by atoms with Crippen molar-refractivity contribution >= 4 is 10.1 Å². The second-order valence-corrected chi connectivity index (χ2v) is 4.56. The molecule has 0 aliphatic carbocycles. The Morgan fingerprint density at radius 1 is 1.06 bits per heavy atom. The molecule has 0 atom stereocenters. The van der Waals surface area contributed by atoms with Crippen LogP contribution < -0.4 is 64.4 Å². The molecule has 1 rings (SSSR count). The van der Waals surface area contributed by atoms with Gasteiger partial charge in [-0.2, -0.15) is 0 Å². The molecule has 0 aliphatic rings. The van der Waals surface area contributed by atoms with Crippen molar-refractivity contribution in [2.45, 2.75) is 24.7 Å². The molecule has 0 bridgehead atoms. The first-order valence-corrected chi connectivity index (χ1v) is 5.56. The molecule has 8 heteroatoms. The van der Waals surface area contributed by atoms with Crippen LogP contribution in [0.1, 0.15) is 25.3 Å². The van der Waals surface area contributed by atoms with Gasteiger partial charge in [-0.15, -0.1) is 0 Å². The maximum atomic E-state index is 10.6. The molecule has 0 saturated carbocycles. The van der Waals surface area contributed by atoms with E-state index in [1.165, 1.54) is 12.1 Å². The van der Waals surface area contributed by atoms with Crippen LogP contribution in [-0.4, -0.2) is 18.2 Å². The van der Waals surface area contributed by atoms with Crippen LogP contribution in [0, 0.1) is 0 Å². The van der Waals surface area contributed by atoms with Crippen LogP contribution in [-0.2, 0) is 10.1 Å². The number of benzene rings is 1. The van der Waals surface area contributed by atoms with E-state index in [-0.39, 0.29) is 64.0 Å². The predicted octanol–water partition coefficient (Wildman–Crippen LogP) is -5.46. The fraction of sp³-hybridized carbons (Fsp3) is 0.333. The van der Waals surface area contributed by atoms with E-state index < -0.39 is 10.1 Å². The summed E-state index contributed by atoms with van der Waals surface area (Å²) in [7, 11) is -4.30. The van der Waals surface area contributed by atoms with Crippen molar-refractivity contribution in [2.75, 3.05) is 0 Å². The standard InChI is InChI=1S/C9H12O3S.2Na.H2O2/c1-7(2)8-3-5-9(6-4-8)13(10,11)12;;;1-2/h3-7H,1-2H3,(H,10,11,12);;;1-2H/q;2*+1;/p-2. The second-order valence-electron chi connectivity index (χ2n) is 3.18. The van der Waals surface area contributed by atoms with E-state index in [1.54, 1.807) is 12.1 Å². The van der Waals surface area contributed by atoms with Gasteiger partial charge in [0.1, 0.15) is 10.1 Å². The van der Waals surface area contributed by atoms with Gasteiger partial charge in [0.05, 0.1) is 4.90 Å². The van der Waals surface area contributed by atoms with Gasteiger partial charge < -0.3 is 15.1 Å². The quantitative estimate of drug-likeness (QED) is 0.252. The molecule has 0 heterocycles. The summed E-state index contributed by atoms with van der Waals surface area (Å²) in [5, 5.41) is 13.0. The van der Waals surface area contributed by atoms with Gasteiger partial charge in [-0.3, -0.25) is 0 Å². The zero-order valence-electron chi connectivity index (χ0n) is 10.4. The number of hydrogen-bond donors (Lipinski definition) is 1. The van der Waals surface area contributed by atoms with Crippen LogP contribution in [0.15, 0.2) is 29.2 Å². The molecule has 86 valence electrons. The third-order valence-electron chi connectivity index (χ3n) is 1.84. The third-order valence-corrected chi connectivity index (χ3v) is 2.68. The van der Waals surface area contributed by atoms with Gasteiger partial charge in [0.15, 0.2) is 0 Å². The van der Waals surface area contributed by atoms with Crippen LogP contribution in [0.3, 0.4) is 0 Å². The Morgan fingerprint density at radius 2 is 1.41 bits per heavy atom. The molecule has 0 amide bonds. The van der Waals surface area contributed by atoms with Gasteiger partial charge in [-0.25, -0.2) is 8.42 Å². The molecule has 0 radical (unpaired) electrons. The molecular weight excluding hydrogens is 266 g/mol. The van der Waals surface area contributed by atoms with Gasteiger partial charge in [-0.1, -0.05) is 26.0 Å². The average Bonchev–Trinajstić information content (AvgIpc) is 2.20. The molecule has 1 N–H and O–H groups in total. The summed E-state index contributed by atoms with van der Waals surface area (Å²) < 4.78 is 31.7. The van der Waals surface area contributed by atoms with Crippen molar-refractivity contribution in [1.29, 1.82) is 0 Å². The third kappa shape index (κ3) is 8.72. The molecule has 0 aliphatic heterocycles. The summed E-state index contributed by atoms with van der Waals surface area (Å²) >= 11 is 0. The maximum absolute atomic E-state index is 10.6. The molecule has 0 aromatic heterocycles. The van der Waals surface area contributed by atoms with Crippen molar-refractivity contribution in [3.8, 4) is 0 Å². The van der Waals surface area contributed by atoms with Crippen LogP contribution in [0.2, 0.25) is 0 Å². The molecular formula is C9H12Na2O5S. The van der Waals surface area contributed by atoms with Crippen LogP contribution in [0.5, 0.6) is 0 Å². The Morgan fingerprint density at radius 3 is 1.65 bits per heavy atom. The predicted molar refractivity (Wildman–Crippen MR) is 51.1 cm³/mol. The summed E-state index contributed by atoms with van der Waals surface area (Å²) in [4.78, 5) is -0.170. The molecule has 1 aromatic rings. The van der Waals surface area contributed by atoms with Crippen LogP contribution in [0.25, 0.3) is 0 Å². The van der Waals surface area contributed by atoms with E-state index in [0.29, 0.717) is 5.92 Å². The molecule has 1 aromatic carbocycles. The Hall–Kier alpha value is 1.05. The topological polar surface area (TPSA) is 100 Å². The maximum Gasteiger partial charge on any atom is 1.00 e. The average molecular weight is 278 g/mol. The monoisotopic (exact) mass is 278 g/mol. The molecule has 5 nitrogen and oxygen atoms in total. The summed E-state index contributed by atoms with van der Waals surface area (Å²) in [6.07, 6.45) is 0. The zero-order valence-corrected chi connectivity index (χ0v) is 15.2. The largest absolute Gasteiger partial charge is 1.00 e. The molecule has 0 fully saturated rings. The first-order valence-electron chi connectivity index (χ1n) is 4.15. The second kappa shape index (κ2) is 10.9. The van der Waals surface area contributed by atoms with Gasteiger partial charge in [-0.05, 0) is 23.6 Å². The van der Waals surface area contributed by atoms with Crippen LogP contribution >= 0.6 is 0 Å².